The first-order valence-electron chi connectivity index (χ1n) is 5.01. The molecule has 0 radical (unpaired) electrons. The van der Waals surface area contributed by atoms with Crippen molar-refractivity contribution in [2.45, 2.75) is 35.6 Å². The zero-order valence-corrected chi connectivity index (χ0v) is 9.13. The lowest BCUT2D eigenvalue weighted by molar-refractivity contribution is 0.330. The third-order valence-corrected chi connectivity index (χ3v) is 6.49. The van der Waals surface area contributed by atoms with E-state index in [2.05, 4.69) is 18.9 Å². The number of nitrogens with zero attached hydrogens (tertiary/aromatic N) is 1. The van der Waals surface area contributed by atoms with Crippen LogP contribution in [0.25, 0.3) is 0 Å². The quantitative estimate of drug-likeness (QED) is 0.544. The molecule has 0 unspecified atom stereocenters. The molecular formula is C9H20AlN. The number of hydrogen-bond donors (Lipinski definition) is 0. The van der Waals surface area contributed by atoms with E-state index in [1.54, 1.807) is 10.6 Å². The number of rotatable bonds is 1. The Morgan fingerprint density at radius 1 is 1.18 bits per heavy atom. The van der Waals surface area contributed by atoms with Gasteiger partial charge < -0.3 is 4.90 Å². The Bertz CT molecular complexity index is 95.7. The molecular weight excluding hydrogens is 149 g/mol. The summed E-state index contributed by atoms with van der Waals surface area (Å²) >= 11 is -0.233. The molecule has 1 aliphatic rings. The van der Waals surface area contributed by atoms with Crippen LogP contribution < -0.4 is 0 Å². The first-order valence-corrected chi connectivity index (χ1v) is 7.46. The van der Waals surface area contributed by atoms with Gasteiger partial charge in [-0.1, -0.05) is 35.6 Å². The second-order valence-corrected chi connectivity index (χ2v) is 7.57. The van der Waals surface area contributed by atoms with Gasteiger partial charge >= 0.3 is 0 Å². The average molecular weight is 169 g/mol. The predicted octanol–water partition coefficient (Wildman–Crippen LogP) is 2.23. The molecule has 11 heavy (non-hydrogen) atoms. The summed E-state index contributed by atoms with van der Waals surface area (Å²) in [7, 11) is 2.26. The molecule has 1 heterocycles. The largest absolute Gasteiger partial charge is 0.306 e. The van der Waals surface area contributed by atoms with Gasteiger partial charge in [0.15, 0.2) is 0 Å². The van der Waals surface area contributed by atoms with Crippen LogP contribution in [0.1, 0.15) is 19.8 Å². The Kier molecular flexibility index (Phi) is 4.52. The Morgan fingerprint density at radius 2 is 1.73 bits per heavy atom. The average Bonchev–Trinajstić information content (AvgIpc) is 1.96. The molecule has 0 aliphatic carbocycles. The molecule has 64 valence electrons. The maximum atomic E-state index is 2.49. The van der Waals surface area contributed by atoms with E-state index in [-0.39, 0.29) is 14.1 Å². The van der Waals surface area contributed by atoms with Gasteiger partial charge in [-0.3, -0.25) is 0 Å². The van der Waals surface area contributed by atoms with E-state index in [0.717, 1.165) is 0 Å². The lowest BCUT2D eigenvalue weighted by Crippen LogP contribution is -2.26. The van der Waals surface area contributed by atoms with Crippen LogP contribution in [0.3, 0.4) is 0 Å². The highest BCUT2D eigenvalue weighted by molar-refractivity contribution is 6.58. The second-order valence-electron chi connectivity index (χ2n) is 3.86. The zero-order valence-electron chi connectivity index (χ0n) is 7.97. The molecule has 0 amide bonds. The molecule has 1 fully saturated rings. The molecule has 0 aromatic carbocycles. The summed E-state index contributed by atoms with van der Waals surface area (Å²) < 4.78 is 0. The Morgan fingerprint density at radius 3 is 2.18 bits per heavy atom. The topological polar surface area (TPSA) is 3.24 Å². The van der Waals surface area contributed by atoms with Crippen LogP contribution in [0, 0.1) is 0 Å². The highest BCUT2D eigenvalue weighted by Crippen LogP contribution is 2.14. The van der Waals surface area contributed by atoms with Gasteiger partial charge in [-0.25, -0.2) is 0 Å². The van der Waals surface area contributed by atoms with Crippen molar-refractivity contribution in [3.05, 3.63) is 0 Å². The smallest absolute Gasteiger partial charge is 0.261 e. The molecule has 2 heteroatoms. The van der Waals surface area contributed by atoms with E-state index >= 15 is 0 Å². The van der Waals surface area contributed by atoms with Gasteiger partial charge in [0.2, 0.25) is 0 Å². The fourth-order valence-electron chi connectivity index (χ4n) is 1.96. The van der Waals surface area contributed by atoms with Crippen molar-refractivity contribution in [3.63, 3.8) is 0 Å². The monoisotopic (exact) mass is 169 g/mol. The van der Waals surface area contributed by atoms with Gasteiger partial charge in [0.25, 0.3) is 14.1 Å². The molecule has 1 rings (SSSR count). The molecule has 0 spiro atoms. The van der Waals surface area contributed by atoms with Crippen molar-refractivity contribution in [2.24, 2.45) is 0 Å². The van der Waals surface area contributed by atoms with Gasteiger partial charge in [-0.2, -0.15) is 0 Å². The van der Waals surface area contributed by atoms with Crippen molar-refractivity contribution < 1.29 is 0 Å². The van der Waals surface area contributed by atoms with Crippen LogP contribution in [0.5, 0.6) is 0 Å². The summed E-state index contributed by atoms with van der Waals surface area (Å²) in [5.74, 6) is 0. The minimum atomic E-state index is -0.233. The summed E-state index contributed by atoms with van der Waals surface area (Å²) in [4.78, 5) is 2.49. The summed E-state index contributed by atoms with van der Waals surface area (Å²) in [5, 5.41) is 4.73. The standard InChI is InChI=1S/C7H15N.C2H5.Al/c1-4-6-8(3)7-5-2;1-2;/h1-2,4-7H2,3H3;1H2,2H3;. The minimum Gasteiger partial charge on any atom is -0.306 e. The molecule has 0 atom stereocenters. The van der Waals surface area contributed by atoms with Crippen molar-refractivity contribution in [3.8, 4) is 0 Å². The number of hydrogen-bond acceptors (Lipinski definition) is 1. The highest BCUT2D eigenvalue weighted by Gasteiger charge is 2.16. The van der Waals surface area contributed by atoms with Gasteiger partial charge in [0.05, 0.1) is 0 Å². The molecule has 0 aromatic heterocycles. The molecule has 0 N–H and O–H groups in total. The molecule has 1 nitrogen and oxygen atoms in total. The predicted molar refractivity (Wildman–Crippen MR) is 52.6 cm³/mol. The third kappa shape index (κ3) is 3.60. The SMILES string of the molecule is C[CH2][Al]1[CH2]CCN(C)CC[CH2]1. The first-order chi connectivity index (χ1) is 5.33. The summed E-state index contributed by atoms with van der Waals surface area (Å²) in [5.41, 5.74) is 0. The summed E-state index contributed by atoms with van der Waals surface area (Å²) in [6, 6.07) is 0. The fraction of sp³-hybridized carbons (Fsp3) is 1.00. The van der Waals surface area contributed by atoms with Crippen molar-refractivity contribution in [1.29, 1.82) is 0 Å². The highest BCUT2D eigenvalue weighted by atomic mass is 27.2. The minimum absolute atomic E-state index is 0.233. The Hall–Kier alpha value is 0.492. The maximum Gasteiger partial charge on any atom is 0.261 e. The second kappa shape index (κ2) is 5.19. The van der Waals surface area contributed by atoms with Crippen molar-refractivity contribution in [2.75, 3.05) is 20.1 Å². The summed E-state index contributed by atoms with van der Waals surface area (Å²) in [6.45, 7) is 5.09. The van der Waals surface area contributed by atoms with E-state index < -0.39 is 0 Å². The first kappa shape index (κ1) is 9.58. The molecule has 0 saturated carbocycles. The third-order valence-electron chi connectivity index (χ3n) is 2.88. The normalized spacial score (nSPS) is 22.9. The Balaban J connectivity index is 2.22. The van der Waals surface area contributed by atoms with Crippen molar-refractivity contribution in [1.82, 2.24) is 4.90 Å². The van der Waals surface area contributed by atoms with Crippen LogP contribution >= 0.6 is 0 Å². The van der Waals surface area contributed by atoms with Crippen LogP contribution in [-0.4, -0.2) is 39.2 Å². The van der Waals surface area contributed by atoms with Gasteiger partial charge in [-0.05, 0) is 20.1 Å². The summed E-state index contributed by atoms with van der Waals surface area (Å²) in [6.07, 6.45) is 2.95. The fourth-order valence-corrected chi connectivity index (χ4v) is 4.59. The van der Waals surface area contributed by atoms with E-state index in [9.17, 15) is 0 Å². The van der Waals surface area contributed by atoms with E-state index in [4.69, 9.17) is 0 Å². The van der Waals surface area contributed by atoms with Crippen LogP contribution in [0.2, 0.25) is 15.8 Å². The van der Waals surface area contributed by atoms with E-state index in [1.807, 2.05) is 0 Å². The maximum absolute atomic E-state index is 2.49. The molecule has 1 aliphatic heterocycles. The van der Waals surface area contributed by atoms with Crippen LogP contribution in [-0.2, 0) is 0 Å². The lowest BCUT2D eigenvalue weighted by atomic mass is 10.4. The van der Waals surface area contributed by atoms with Crippen LogP contribution in [0.4, 0.5) is 0 Å². The van der Waals surface area contributed by atoms with E-state index in [1.165, 1.54) is 31.2 Å². The van der Waals surface area contributed by atoms with Gasteiger partial charge in [-0.15, -0.1) is 0 Å². The van der Waals surface area contributed by atoms with Gasteiger partial charge in [0, 0.05) is 0 Å². The molecule has 0 aromatic rings. The van der Waals surface area contributed by atoms with Crippen LogP contribution in [0.15, 0.2) is 0 Å². The Labute approximate surface area is 75.2 Å². The molecule has 0 bridgehead atoms. The van der Waals surface area contributed by atoms with Gasteiger partial charge in [0.1, 0.15) is 0 Å². The van der Waals surface area contributed by atoms with Crippen molar-refractivity contribution >= 4 is 14.1 Å². The molecule has 1 saturated heterocycles. The lowest BCUT2D eigenvalue weighted by Gasteiger charge is -2.21. The van der Waals surface area contributed by atoms with E-state index in [0.29, 0.717) is 0 Å². The zero-order chi connectivity index (χ0) is 8.10.